The maximum Gasteiger partial charge on any atom is 0.311 e. The average molecular weight is 422 g/mol. The Morgan fingerprint density at radius 2 is 2.04 bits per heavy atom. The molecule has 8 nitrogen and oxygen atoms in total. The molecule has 0 saturated heterocycles. The lowest BCUT2D eigenvalue weighted by molar-refractivity contribution is -0.385. The lowest BCUT2D eigenvalue weighted by Crippen LogP contribution is -2.24. The summed E-state index contributed by atoms with van der Waals surface area (Å²) in [5.41, 5.74) is 3.58. The van der Waals surface area contributed by atoms with Crippen molar-refractivity contribution in [2.45, 2.75) is 6.92 Å². The van der Waals surface area contributed by atoms with E-state index >= 15 is 0 Å². The molecule has 0 aliphatic rings. The number of nitro benzene ring substituents is 1. The van der Waals surface area contributed by atoms with Gasteiger partial charge < -0.3 is 9.47 Å². The summed E-state index contributed by atoms with van der Waals surface area (Å²) in [4.78, 5) is 22.2. The van der Waals surface area contributed by atoms with E-state index in [9.17, 15) is 14.9 Å². The van der Waals surface area contributed by atoms with E-state index in [-0.39, 0.29) is 11.4 Å². The topological polar surface area (TPSA) is 103 Å². The number of amides is 1. The van der Waals surface area contributed by atoms with E-state index < -0.39 is 17.4 Å². The van der Waals surface area contributed by atoms with Crippen LogP contribution in [0.15, 0.2) is 46.0 Å². The molecule has 2 rings (SSSR count). The van der Waals surface area contributed by atoms with E-state index in [2.05, 4.69) is 26.5 Å². The van der Waals surface area contributed by atoms with Crippen molar-refractivity contribution in [3.8, 4) is 11.5 Å². The van der Waals surface area contributed by atoms with Crippen molar-refractivity contribution in [1.82, 2.24) is 5.43 Å². The summed E-state index contributed by atoms with van der Waals surface area (Å²) in [6.07, 6.45) is 1.45. The number of nitrogens with zero attached hydrogens (tertiary/aromatic N) is 2. The van der Waals surface area contributed by atoms with E-state index in [0.717, 1.165) is 15.6 Å². The van der Waals surface area contributed by atoms with Gasteiger partial charge in [0, 0.05) is 6.07 Å². The number of nitro groups is 1. The van der Waals surface area contributed by atoms with E-state index in [4.69, 9.17) is 9.47 Å². The highest BCUT2D eigenvalue weighted by molar-refractivity contribution is 9.10. The molecule has 0 spiro atoms. The van der Waals surface area contributed by atoms with Crippen LogP contribution in [-0.4, -0.2) is 30.8 Å². The minimum Gasteiger partial charge on any atom is -0.496 e. The number of ether oxygens (including phenoxy) is 2. The smallest absolute Gasteiger partial charge is 0.311 e. The average Bonchev–Trinajstić information content (AvgIpc) is 2.60. The van der Waals surface area contributed by atoms with Crippen molar-refractivity contribution in [1.29, 1.82) is 0 Å². The lowest BCUT2D eigenvalue weighted by atomic mass is 10.2. The molecule has 2 aromatic rings. The first-order chi connectivity index (χ1) is 12.4. The molecule has 0 atom stereocenters. The fourth-order valence-electron chi connectivity index (χ4n) is 2.01. The lowest BCUT2D eigenvalue weighted by Gasteiger charge is -2.06. The van der Waals surface area contributed by atoms with Crippen LogP contribution in [0.2, 0.25) is 0 Å². The van der Waals surface area contributed by atoms with Crippen LogP contribution < -0.4 is 14.9 Å². The Kier molecular flexibility index (Phi) is 6.67. The van der Waals surface area contributed by atoms with Crippen molar-refractivity contribution in [2.24, 2.45) is 5.10 Å². The van der Waals surface area contributed by atoms with Crippen LogP contribution in [0.25, 0.3) is 0 Å². The molecule has 0 unspecified atom stereocenters. The minimum atomic E-state index is -0.556. The van der Waals surface area contributed by atoms with Crippen molar-refractivity contribution in [2.75, 3.05) is 13.7 Å². The molecule has 1 N–H and O–H groups in total. The van der Waals surface area contributed by atoms with Crippen molar-refractivity contribution in [3.05, 3.63) is 62.1 Å². The summed E-state index contributed by atoms with van der Waals surface area (Å²) in [6, 6.07) is 9.81. The fourth-order valence-corrected chi connectivity index (χ4v) is 2.57. The van der Waals surface area contributed by atoms with Gasteiger partial charge in [-0.05, 0) is 58.2 Å². The molecule has 0 heterocycles. The summed E-state index contributed by atoms with van der Waals surface area (Å²) in [5.74, 6) is 0.168. The zero-order valence-corrected chi connectivity index (χ0v) is 15.6. The second-order valence-electron chi connectivity index (χ2n) is 5.20. The largest absolute Gasteiger partial charge is 0.496 e. The molecule has 9 heteroatoms. The quantitative estimate of drug-likeness (QED) is 0.419. The predicted octanol–water partition coefficient (Wildman–Crippen LogP) is 3.20. The second-order valence-corrected chi connectivity index (χ2v) is 6.06. The third kappa shape index (κ3) is 5.28. The van der Waals surface area contributed by atoms with E-state index in [1.807, 2.05) is 0 Å². The summed E-state index contributed by atoms with van der Waals surface area (Å²) in [6.45, 7) is 1.34. The molecule has 136 valence electrons. The van der Waals surface area contributed by atoms with Crippen LogP contribution >= 0.6 is 15.9 Å². The Hall–Kier alpha value is -2.94. The van der Waals surface area contributed by atoms with Crippen LogP contribution in [0.5, 0.6) is 11.5 Å². The first-order valence-corrected chi connectivity index (χ1v) is 8.23. The van der Waals surface area contributed by atoms with Crippen LogP contribution in [0.1, 0.15) is 11.1 Å². The molecular formula is C17H16BrN3O5. The number of halogens is 1. The molecular weight excluding hydrogens is 406 g/mol. The molecule has 0 aliphatic heterocycles. The molecule has 1 amide bonds. The standard InChI is InChI=1S/C17H16BrN3O5/c1-11-3-5-16(14(7-11)21(23)24)26-10-17(22)20-19-9-12-4-6-15(25-2)13(18)8-12/h3-9H,10H2,1-2H3,(H,20,22). The monoisotopic (exact) mass is 421 g/mol. The number of carbonyl (C=O) groups is 1. The van der Waals surface area contributed by atoms with Gasteiger partial charge in [0.15, 0.2) is 12.4 Å². The van der Waals surface area contributed by atoms with Crippen LogP contribution in [-0.2, 0) is 4.79 Å². The highest BCUT2D eigenvalue weighted by Crippen LogP contribution is 2.27. The van der Waals surface area contributed by atoms with Gasteiger partial charge in [0.1, 0.15) is 5.75 Å². The molecule has 0 fully saturated rings. The van der Waals surface area contributed by atoms with E-state index in [0.29, 0.717) is 5.75 Å². The van der Waals surface area contributed by atoms with Gasteiger partial charge in [-0.2, -0.15) is 5.10 Å². The Balaban J connectivity index is 1.91. The minimum absolute atomic E-state index is 0.0267. The predicted molar refractivity (Wildman–Crippen MR) is 99.8 cm³/mol. The van der Waals surface area contributed by atoms with Crippen molar-refractivity contribution < 1.29 is 19.2 Å². The van der Waals surface area contributed by atoms with E-state index in [1.165, 1.54) is 18.3 Å². The summed E-state index contributed by atoms with van der Waals surface area (Å²) in [5, 5.41) is 14.8. The second kappa shape index (κ2) is 8.95. The highest BCUT2D eigenvalue weighted by atomic mass is 79.9. The molecule has 26 heavy (non-hydrogen) atoms. The normalized spacial score (nSPS) is 10.6. The maximum atomic E-state index is 11.8. The van der Waals surface area contributed by atoms with Gasteiger partial charge in [0.05, 0.1) is 22.7 Å². The van der Waals surface area contributed by atoms with Gasteiger partial charge >= 0.3 is 5.69 Å². The number of benzene rings is 2. The first kappa shape index (κ1) is 19.4. The number of carbonyl (C=O) groups excluding carboxylic acids is 1. The van der Waals surface area contributed by atoms with Crippen molar-refractivity contribution in [3.63, 3.8) is 0 Å². The Morgan fingerprint density at radius 3 is 2.69 bits per heavy atom. The molecule has 0 aliphatic carbocycles. The number of rotatable bonds is 7. The number of hydrogen-bond donors (Lipinski definition) is 1. The molecule has 0 bridgehead atoms. The summed E-state index contributed by atoms with van der Waals surface area (Å²) in [7, 11) is 1.56. The van der Waals surface area contributed by atoms with Gasteiger partial charge in [-0.15, -0.1) is 0 Å². The molecule has 0 aromatic heterocycles. The van der Waals surface area contributed by atoms with Gasteiger partial charge in [-0.25, -0.2) is 5.43 Å². The Morgan fingerprint density at radius 1 is 1.31 bits per heavy atom. The van der Waals surface area contributed by atoms with Crippen LogP contribution in [0, 0.1) is 17.0 Å². The Labute approximate surface area is 158 Å². The maximum absolute atomic E-state index is 11.8. The zero-order valence-electron chi connectivity index (χ0n) is 14.1. The van der Waals surface area contributed by atoms with Gasteiger partial charge in [0.25, 0.3) is 5.91 Å². The number of nitrogens with one attached hydrogen (secondary N) is 1. The molecule has 2 aromatic carbocycles. The number of hydrogen-bond acceptors (Lipinski definition) is 6. The molecule has 0 radical (unpaired) electrons. The number of hydrazone groups is 1. The SMILES string of the molecule is COc1ccc(C=NNC(=O)COc2ccc(C)cc2[N+](=O)[O-])cc1Br. The van der Waals surface area contributed by atoms with Gasteiger partial charge in [-0.3, -0.25) is 14.9 Å². The fraction of sp³-hybridized carbons (Fsp3) is 0.176. The van der Waals surface area contributed by atoms with Gasteiger partial charge in [0.2, 0.25) is 0 Å². The summed E-state index contributed by atoms with van der Waals surface area (Å²) >= 11 is 3.35. The number of methoxy groups -OCH3 is 1. The Bertz CT molecular complexity index is 854. The van der Waals surface area contributed by atoms with Crippen LogP contribution in [0.4, 0.5) is 5.69 Å². The molecule has 0 saturated carbocycles. The number of aryl methyl sites for hydroxylation is 1. The van der Waals surface area contributed by atoms with Gasteiger partial charge in [-0.1, -0.05) is 6.07 Å². The summed E-state index contributed by atoms with van der Waals surface area (Å²) < 4.78 is 11.1. The zero-order chi connectivity index (χ0) is 19.1. The first-order valence-electron chi connectivity index (χ1n) is 7.44. The highest BCUT2D eigenvalue weighted by Gasteiger charge is 2.16. The van der Waals surface area contributed by atoms with Crippen molar-refractivity contribution >= 4 is 33.7 Å². The van der Waals surface area contributed by atoms with E-state index in [1.54, 1.807) is 38.3 Å². The van der Waals surface area contributed by atoms with Crippen LogP contribution in [0.3, 0.4) is 0 Å². The third-order valence-electron chi connectivity index (χ3n) is 3.25. The third-order valence-corrected chi connectivity index (χ3v) is 3.87.